The maximum Gasteiger partial charge on any atom is 0.317 e. The predicted octanol–water partition coefficient (Wildman–Crippen LogP) is 2.88. The van der Waals surface area contributed by atoms with Crippen LogP contribution in [-0.2, 0) is 4.79 Å². The molecule has 2 amide bonds. The standard InChI is InChI=1S/C15H28N2O3/c1-5-13(7-8-14(18)19)9-10-16-15(20)17(6-2)11-12(3)4/h13H,3,5-11H2,1-2,4H3,(H,16,20)(H,18,19). The Kier molecular flexibility index (Phi) is 9.51. The molecule has 0 aliphatic carbocycles. The number of rotatable bonds is 10. The van der Waals surface area contributed by atoms with Crippen molar-refractivity contribution in [3.8, 4) is 0 Å². The molecule has 0 heterocycles. The Morgan fingerprint density at radius 3 is 2.40 bits per heavy atom. The van der Waals surface area contributed by atoms with Gasteiger partial charge in [0.05, 0.1) is 0 Å². The summed E-state index contributed by atoms with van der Waals surface area (Å²) in [6.45, 7) is 11.5. The molecule has 0 aromatic rings. The minimum absolute atomic E-state index is 0.0800. The lowest BCUT2D eigenvalue weighted by atomic mass is 9.97. The average Bonchev–Trinajstić information content (AvgIpc) is 2.39. The Hall–Kier alpha value is -1.52. The van der Waals surface area contributed by atoms with Gasteiger partial charge in [-0.25, -0.2) is 4.79 Å². The molecule has 20 heavy (non-hydrogen) atoms. The van der Waals surface area contributed by atoms with Gasteiger partial charge in [-0.05, 0) is 32.6 Å². The van der Waals surface area contributed by atoms with Gasteiger partial charge in [0.2, 0.25) is 0 Å². The van der Waals surface area contributed by atoms with Crippen molar-refractivity contribution in [1.82, 2.24) is 10.2 Å². The predicted molar refractivity (Wildman–Crippen MR) is 80.7 cm³/mol. The molecule has 0 saturated carbocycles. The van der Waals surface area contributed by atoms with E-state index in [1.807, 2.05) is 20.8 Å². The first kappa shape index (κ1) is 18.5. The van der Waals surface area contributed by atoms with Crippen molar-refractivity contribution < 1.29 is 14.7 Å². The van der Waals surface area contributed by atoms with Gasteiger partial charge in [-0.15, -0.1) is 0 Å². The molecule has 0 aliphatic rings. The lowest BCUT2D eigenvalue weighted by molar-refractivity contribution is -0.137. The molecule has 5 nitrogen and oxygen atoms in total. The summed E-state index contributed by atoms with van der Waals surface area (Å²) in [4.78, 5) is 24.2. The normalized spacial score (nSPS) is 11.8. The summed E-state index contributed by atoms with van der Waals surface area (Å²) < 4.78 is 0. The fraction of sp³-hybridized carbons (Fsp3) is 0.733. The van der Waals surface area contributed by atoms with Crippen molar-refractivity contribution in [1.29, 1.82) is 0 Å². The summed E-state index contributed by atoms with van der Waals surface area (Å²) in [5.41, 5.74) is 0.954. The third-order valence-corrected chi connectivity index (χ3v) is 3.30. The molecule has 1 unspecified atom stereocenters. The Balaban J connectivity index is 4.03. The van der Waals surface area contributed by atoms with E-state index in [2.05, 4.69) is 11.9 Å². The van der Waals surface area contributed by atoms with E-state index in [0.717, 1.165) is 18.4 Å². The van der Waals surface area contributed by atoms with Crippen molar-refractivity contribution in [2.24, 2.45) is 5.92 Å². The molecule has 0 bridgehead atoms. The van der Waals surface area contributed by atoms with Crippen LogP contribution >= 0.6 is 0 Å². The van der Waals surface area contributed by atoms with Crippen molar-refractivity contribution in [2.75, 3.05) is 19.6 Å². The second kappa shape index (κ2) is 10.3. The van der Waals surface area contributed by atoms with Gasteiger partial charge < -0.3 is 15.3 Å². The maximum atomic E-state index is 11.9. The smallest absolute Gasteiger partial charge is 0.317 e. The van der Waals surface area contributed by atoms with E-state index in [1.165, 1.54) is 0 Å². The summed E-state index contributed by atoms with van der Waals surface area (Å²) in [7, 11) is 0. The van der Waals surface area contributed by atoms with E-state index in [4.69, 9.17) is 5.11 Å². The van der Waals surface area contributed by atoms with E-state index in [9.17, 15) is 9.59 Å². The molecule has 0 spiro atoms. The molecule has 1 atom stereocenters. The van der Waals surface area contributed by atoms with Gasteiger partial charge in [-0.1, -0.05) is 25.5 Å². The number of carboxylic acids is 1. The van der Waals surface area contributed by atoms with E-state index in [-0.39, 0.29) is 12.5 Å². The largest absolute Gasteiger partial charge is 0.481 e. The van der Waals surface area contributed by atoms with E-state index in [0.29, 0.717) is 32.0 Å². The molecule has 0 radical (unpaired) electrons. The van der Waals surface area contributed by atoms with Crippen LogP contribution in [-0.4, -0.2) is 41.6 Å². The number of nitrogens with zero attached hydrogens (tertiary/aromatic N) is 1. The quantitative estimate of drug-likeness (QED) is 0.606. The minimum Gasteiger partial charge on any atom is -0.481 e. The first-order valence-corrected chi connectivity index (χ1v) is 7.29. The van der Waals surface area contributed by atoms with Gasteiger partial charge in [-0.2, -0.15) is 0 Å². The highest BCUT2D eigenvalue weighted by molar-refractivity contribution is 5.74. The highest BCUT2D eigenvalue weighted by Gasteiger charge is 2.13. The van der Waals surface area contributed by atoms with Crippen LogP contribution in [0.25, 0.3) is 0 Å². The second-order valence-electron chi connectivity index (χ2n) is 5.20. The van der Waals surface area contributed by atoms with Crippen molar-refractivity contribution in [3.05, 3.63) is 12.2 Å². The number of carbonyl (C=O) groups excluding carboxylic acids is 1. The number of hydrogen-bond donors (Lipinski definition) is 2. The van der Waals surface area contributed by atoms with Gasteiger partial charge in [0.1, 0.15) is 0 Å². The molecule has 0 saturated heterocycles. The summed E-state index contributed by atoms with van der Waals surface area (Å²) in [5, 5.41) is 11.6. The zero-order valence-corrected chi connectivity index (χ0v) is 12.9. The summed E-state index contributed by atoms with van der Waals surface area (Å²) in [5.74, 6) is -0.409. The van der Waals surface area contributed by atoms with Gasteiger partial charge in [0, 0.05) is 26.1 Å². The van der Waals surface area contributed by atoms with Crippen molar-refractivity contribution >= 4 is 12.0 Å². The Bertz CT molecular complexity index is 329. The Morgan fingerprint density at radius 2 is 1.95 bits per heavy atom. The van der Waals surface area contributed by atoms with Crippen LogP contribution in [0.15, 0.2) is 12.2 Å². The van der Waals surface area contributed by atoms with Crippen molar-refractivity contribution in [2.45, 2.75) is 46.5 Å². The molecule has 5 heteroatoms. The zero-order valence-electron chi connectivity index (χ0n) is 12.9. The van der Waals surface area contributed by atoms with E-state index in [1.54, 1.807) is 4.90 Å². The number of carbonyl (C=O) groups is 2. The van der Waals surface area contributed by atoms with E-state index >= 15 is 0 Å². The van der Waals surface area contributed by atoms with Crippen LogP contribution in [0.3, 0.4) is 0 Å². The molecule has 0 aromatic heterocycles. The molecule has 0 aliphatic heterocycles. The van der Waals surface area contributed by atoms with Crippen molar-refractivity contribution in [3.63, 3.8) is 0 Å². The van der Waals surface area contributed by atoms with Crippen LogP contribution in [0.2, 0.25) is 0 Å². The fourth-order valence-corrected chi connectivity index (χ4v) is 2.03. The molecular formula is C15H28N2O3. The number of carboxylic acid groups (broad SMARTS) is 1. The van der Waals surface area contributed by atoms with Crippen LogP contribution in [0.1, 0.15) is 46.5 Å². The third-order valence-electron chi connectivity index (χ3n) is 3.30. The first-order chi connectivity index (χ1) is 9.40. The van der Waals surface area contributed by atoms with E-state index < -0.39 is 5.97 Å². The Labute approximate surface area is 122 Å². The van der Waals surface area contributed by atoms with Gasteiger partial charge in [0.15, 0.2) is 0 Å². The Morgan fingerprint density at radius 1 is 1.30 bits per heavy atom. The summed E-state index contributed by atoms with van der Waals surface area (Å²) >= 11 is 0. The average molecular weight is 284 g/mol. The zero-order chi connectivity index (χ0) is 15.5. The molecule has 2 N–H and O–H groups in total. The van der Waals surface area contributed by atoms with Crippen LogP contribution in [0.4, 0.5) is 4.79 Å². The fourth-order valence-electron chi connectivity index (χ4n) is 2.03. The third kappa shape index (κ3) is 8.56. The topological polar surface area (TPSA) is 69.6 Å². The molecule has 116 valence electrons. The van der Waals surface area contributed by atoms with Gasteiger partial charge in [0.25, 0.3) is 0 Å². The lowest BCUT2D eigenvalue weighted by Crippen LogP contribution is -2.41. The number of nitrogens with one attached hydrogen (secondary N) is 1. The summed E-state index contributed by atoms with van der Waals surface area (Å²) in [6.07, 6.45) is 2.63. The van der Waals surface area contributed by atoms with Gasteiger partial charge >= 0.3 is 12.0 Å². The highest BCUT2D eigenvalue weighted by atomic mass is 16.4. The summed E-state index contributed by atoms with van der Waals surface area (Å²) in [6, 6.07) is -0.0800. The molecule has 0 aromatic carbocycles. The molecule has 0 fully saturated rings. The number of hydrogen-bond acceptors (Lipinski definition) is 2. The lowest BCUT2D eigenvalue weighted by Gasteiger charge is -2.22. The van der Waals surface area contributed by atoms with Crippen LogP contribution in [0, 0.1) is 5.92 Å². The monoisotopic (exact) mass is 284 g/mol. The molecular weight excluding hydrogens is 256 g/mol. The number of urea groups is 1. The highest BCUT2D eigenvalue weighted by Crippen LogP contribution is 2.14. The SMILES string of the molecule is C=C(C)CN(CC)C(=O)NCCC(CC)CCC(=O)O. The minimum atomic E-state index is -0.758. The first-order valence-electron chi connectivity index (χ1n) is 7.29. The molecule has 0 rings (SSSR count). The number of likely N-dealkylation sites (N-methyl/N-ethyl adjacent to an activating group) is 1. The number of amides is 2. The maximum absolute atomic E-state index is 11.9. The number of aliphatic carboxylic acids is 1. The van der Waals surface area contributed by atoms with Crippen LogP contribution in [0.5, 0.6) is 0 Å². The van der Waals surface area contributed by atoms with Gasteiger partial charge in [-0.3, -0.25) is 4.79 Å². The van der Waals surface area contributed by atoms with Crippen LogP contribution < -0.4 is 5.32 Å². The second-order valence-corrected chi connectivity index (χ2v) is 5.20.